The number of rotatable bonds is 3. The molecule has 0 spiro atoms. The molecule has 0 bridgehead atoms. The highest BCUT2D eigenvalue weighted by molar-refractivity contribution is 5.72. The Morgan fingerprint density at radius 3 is 3.18 bits per heavy atom. The first-order valence-electron chi connectivity index (χ1n) is 3.51. The highest BCUT2D eigenvalue weighted by Gasteiger charge is 1.93. The number of carbonyl (C=O) groups is 1. The molecular weight excluding hydrogens is 140 g/mol. The van der Waals surface area contributed by atoms with E-state index in [1.807, 2.05) is 17.7 Å². The number of nitrogens with zero attached hydrogens (tertiary/aromatic N) is 2. The van der Waals surface area contributed by atoms with Crippen LogP contribution in [0.5, 0.6) is 0 Å². The summed E-state index contributed by atoms with van der Waals surface area (Å²) in [6, 6.07) is 0. The molecule has 0 radical (unpaired) electrons. The molecule has 3 heteroatoms. The van der Waals surface area contributed by atoms with E-state index in [4.69, 9.17) is 0 Å². The van der Waals surface area contributed by atoms with Crippen molar-refractivity contribution in [1.82, 2.24) is 9.55 Å². The van der Waals surface area contributed by atoms with Gasteiger partial charge in [0.2, 0.25) is 0 Å². The largest absolute Gasteiger partial charge is 0.332 e. The number of hydrogen-bond donors (Lipinski definition) is 0. The van der Waals surface area contributed by atoms with Gasteiger partial charge in [-0.2, -0.15) is 0 Å². The lowest BCUT2D eigenvalue weighted by molar-refractivity contribution is -0.104. The highest BCUT2D eigenvalue weighted by atomic mass is 16.1. The summed E-state index contributed by atoms with van der Waals surface area (Å²) in [6.07, 6.45) is 7.47. The van der Waals surface area contributed by atoms with Crippen molar-refractivity contribution in [1.29, 1.82) is 0 Å². The van der Waals surface area contributed by atoms with Crippen LogP contribution in [0.3, 0.4) is 0 Å². The van der Waals surface area contributed by atoms with E-state index in [1.54, 1.807) is 12.3 Å². The van der Waals surface area contributed by atoms with Crippen LogP contribution in [0.25, 0.3) is 6.08 Å². The molecule has 0 unspecified atom stereocenters. The van der Waals surface area contributed by atoms with Crippen LogP contribution in [-0.4, -0.2) is 15.8 Å². The third kappa shape index (κ3) is 1.77. The Morgan fingerprint density at radius 2 is 2.55 bits per heavy atom. The fourth-order valence-corrected chi connectivity index (χ4v) is 0.872. The third-order valence-corrected chi connectivity index (χ3v) is 1.41. The average molecular weight is 150 g/mol. The van der Waals surface area contributed by atoms with E-state index in [2.05, 4.69) is 4.98 Å². The van der Waals surface area contributed by atoms with Crippen LogP contribution >= 0.6 is 0 Å². The predicted molar refractivity (Wildman–Crippen MR) is 43.0 cm³/mol. The zero-order chi connectivity index (χ0) is 8.10. The lowest BCUT2D eigenvalue weighted by Gasteiger charge is -1.96. The van der Waals surface area contributed by atoms with E-state index in [1.165, 1.54) is 6.08 Å². The van der Waals surface area contributed by atoms with Crippen molar-refractivity contribution in [3.05, 3.63) is 24.3 Å². The van der Waals surface area contributed by atoms with Gasteiger partial charge in [-0.1, -0.05) is 0 Å². The van der Waals surface area contributed by atoms with Crippen LogP contribution in [0.4, 0.5) is 0 Å². The molecule has 0 aliphatic rings. The lowest BCUT2D eigenvalue weighted by atomic mass is 10.5. The van der Waals surface area contributed by atoms with Crippen molar-refractivity contribution >= 4 is 12.4 Å². The van der Waals surface area contributed by atoms with Gasteiger partial charge in [0, 0.05) is 18.9 Å². The van der Waals surface area contributed by atoms with Gasteiger partial charge in [0.15, 0.2) is 0 Å². The first kappa shape index (κ1) is 7.72. The molecular formula is C8H10N2O. The fraction of sp³-hybridized carbons (Fsp3) is 0.250. The van der Waals surface area contributed by atoms with Crippen molar-refractivity contribution in [3.8, 4) is 0 Å². The zero-order valence-electron chi connectivity index (χ0n) is 6.40. The summed E-state index contributed by atoms with van der Waals surface area (Å²) in [5, 5.41) is 0. The normalized spacial score (nSPS) is 10.6. The molecule has 0 N–H and O–H groups in total. The van der Waals surface area contributed by atoms with Gasteiger partial charge in [-0.25, -0.2) is 4.98 Å². The molecule has 0 aliphatic heterocycles. The Bertz CT molecular complexity index is 263. The number of hydrogen-bond acceptors (Lipinski definition) is 2. The third-order valence-electron chi connectivity index (χ3n) is 1.41. The van der Waals surface area contributed by atoms with E-state index in [9.17, 15) is 4.79 Å². The van der Waals surface area contributed by atoms with Crippen LogP contribution in [0.1, 0.15) is 12.7 Å². The minimum atomic E-state index is 0.745. The van der Waals surface area contributed by atoms with Crippen LogP contribution in [-0.2, 0) is 11.3 Å². The van der Waals surface area contributed by atoms with Crippen molar-refractivity contribution in [3.63, 3.8) is 0 Å². The fourth-order valence-electron chi connectivity index (χ4n) is 0.872. The Kier molecular flexibility index (Phi) is 2.60. The van der Waals surface area contributed by atoms with Crippen LogP contribution in [0.2, 0.25) is 0 Å². The van der Waals surface area contributed by atoms with Gasteiger partial charge in [0.25, 0.3) is 0 Å². The maximum absolute atomic E-state index is 9.98. The standard InChI is InChI=1S/C8H10N2O/c1-2-10-6-5-9-8(10)4-3-7-11/h3-7H,2H2,1H3/b4-3+. The number of allylic oxidation sites excluding steroid dienone is 1. The molecule has 0 aromatic carbocycles. The Hall–Kier alpha value is -1.38. The molecule has 1 rings (SSSR count). The summed E-state index contributed by atoms with van der Waals surface area (Å²) in [5.41, 5.74) is 0. The topological polar surface area (TPSA) is 34.9 Å². The maximum Gasteiger partial charge on any atom is 0.142 e. The summed E-state index contributed by atoms with van der Waals surface area (Å²) >= 11 is 0. The van der Waals surface area contributed by atoms with Crippen molar-refractivity contribution in [2.75, 3.05) is 0 Å². The number of aromatic nitrogens is 2. The highest BCUT2D eigenvalue weighted by Crippen LogP contribution is 1.98. The van der Waals surface area contributed by atoms with Gasteiger partial charge >= 0.3 is 0 Å². The number of carbonyl (C=O) groups excluding carboxylic acids is 1. The molecule has 0 amide bonds. The maximum atomic E-state index is 9.98. The van der Waals surface area contributed by atoms with Crippen molar-refractivity contribution in [2.24, 2.45) is 0 Å². The Morgan fingerprint density at radius 1 is 1.73 bits per heavy atom. The van der Waals surface area contributed by atoms with Crippen molar-refractivity contribution in [2.45, 2.75) is 13.5 Å². The molecule has 3 nitrogen and oxygen atoms in total. The number of aryl methyl sites for hydroxylation is 1. The van der Waals surface area contributed by atoms with E-state index >= 15 is 0 Å². The monoisotopic (exact) mass is 150 g/mol. The van der Waals surface area contributed by atoms with Gasteiger partial charge in [-0.05, 0) is 19.1 Å². The Balaban J connectivity index is 2.84. The molecule has 0 aliphatic carbocycles. The van der Waals surface area contributed by atoms with Crippen LogP contribution in [0.15, 0.2) is 18.5 Å². The van der Waals surface area contributed by atoms with E-state index in [0.29, 0.717) is 0 Å². The van der Waals surface area contributed by atoms with Crippen molar-refractivity contribution < 1.29 is 4.79 Å². The first-order chi connectivity index (χ1) is 5.38. The summed E-state index contributed by atoms with van der Waals surface area (Å²) in [4.78, 5) is 14.0. The van der Waals surface area contributed by atoms with E-state index in [-0.39, 0.29) is 0 Å². The molecule has 0 saturated heterocycles. The van der Waals surface area contributed by atoms with Crippen LogP contribution < -0.4 is 0 Å². The Labute approximate surface area is 65.4 Å². The smallest absolute Gasteiger partial charge is 0.142 e. The van der Waals surface area contributed by atoms with Gasteiger partial charge in [0.05, 0.1) is 0 Å². The average Bonchev–Trinajstić information content (AvgIpc) is 2.47. The van der Waals surface area contributed by atoms with Gasteiger partial charge in [0.1, 0.15) is 12.1 Å². The molecule has 1 aromatic rings. The molecule has 58 valence electrons. The minimum Gasteiger partial charge on any atom is -0.332 e. The summed E-state index contributed by atoms with van der Waals surface area (Å²) < 4.78 is 1.96. The number of aldehydes is 1. The molecule has 0 atom stereocenters. The minimum absolute atomic E-state index is 0.745. The quantitative estimate of drug-likeness (QED) is 0.478. The molecule has 0 fully saturated rings. The summed E-state index contributed by atoms with van der Waals surface area (Å²) in [5.74, 6) is 0.819. The lowest BCUT2D eigenvalue weighted by Crippen LogP contribution is -1.94. The van der Waals surface area contributed by atoms with Gasteiger partial charge in [-0.15, -0.1) is 0 Å². The second-order valence-electron chi connectivity index (χ2n) is 2.07. The SMILES string of the molecule is CCn1ccnc1/C=C/C=O. The summed E-state index contributed by atoms with van der Waals surface area (Å²) in [6.45, 7) is 2.90. The van der Waals surface area contributed by atoms with E-state index < -0.39 is 0 Å². The number of imidazole rings is 1. The zero-order valence-corrected chi connectivity index (χ0v) is 6.40. The van der Waals surface area contributed by atoms with Gasteiger partial charge < -0.3 is 4.57 Å². The molecule has 1 heterocycles. The first-order valence-corrected chi connectivity index (χ1v) is 3.51. The summed E-state index contributed by atoms with van der Waals surface area (Å²) in [7, 11) is 0. The molecule has 1 aromatic heterocycles. The molecule has 11 heavy (non-hydrogen) atoms. The van der Waals surface area contributed by atoms with E-state index in [0.717, 1.165) is 18.7 Å². The second kappa shape index (κ2) is 3.71. The molecule has 0 saturated carbocycles. The van der Waals surface area contributed by atoms with Crippen LogP contribution in [0, 0.1) is 0 Å². The van der Waals surface area contributed by atoms with Gasteiger partial charge in [-0.3, -0.25) is 4.79 Å². The second-order valence-corrected chi connectivity index (χ2v) is 2.07. The predicted octanol–water partition coefficient (Wildman–Crippen LogP) is 1.12.